The van der Waals surface area contributed by atoms with Gasteiger partial charge in [-0.25, -0.2) is 4.98 Å². The van der Waals surface area contributed by atoms with Gasteiger partial charge in [-0.3, -0.25) is 4.79 Å². The average Bonchev–Trinajstić information content (AvgIpc) is 3.51. The molecule has 6 rings (SSSR count). The van der Waals surface area contributed by atoms with Gasteiger partial charge in [-0.2, -0.15) is 0 Å². The van der Waals surface area contributed by atoms with Crippen molar-refractivity contribution in [1.82, 2.24) is 9.55 Å². The van der Waals surface area contributed by atoms with Gasteiger partial charge >= 0.3 is 0 Å². The summed E-state index contributed by atoms with van der Waals surface area (Å²) in [5.41, 5.74) is 4.43. The van der Waals surface area contributed by atoms with Gasteiger partial charge in [0, 0.05) is 16.5 Å². The van der Waals surface area contributed by atoms with Crippen LogP contribution in [0.2, 0.25) is 0 Å². The second-order valence-electron chi connectivity index (χ2n) is 9.44. The van der Waals surface area contributed by atoms with E-state index < -0.39 is 18.0 Å². The zero-order valence-corrected chi connectivity index (χ0v) is 19.3. The van der Waals surface area contributed by atoms with Crippen molar-refractivity contribution in [2.75, 3.05) is 0 Å². The number of hydrogen-bond acceptors (Lipinski definition) is 6. The van der Waals surface area contributed by atoms with E-state index in [9.17, 15) is 9.90 Å². The Morgan fingerprint density at radius 3 is 2.82 bits per heavy atom. The molecule has 0 spiro atoms. The standard InChI is InChI=1S/C26H28N2O5/c1-5-15-16-9-14(32-13(3)4)7-8-20(16)27-22-17(15)11-28-21(22)10-19-18(24(28)29)12-31-25-23(33-25)26(19,30)6-2/h7-10,13,23,25,30H,5-6,11-12H2,1-4H3/t23?,25?,26-/m0/s1. The molecule has 3 aromatic rings. The van der Waals surface area contributed by atoms with Crippen LogP contribution in [0, 0.1) is 0 Å². The van der Waals surface area contributed by atoms with E-state index in [1.54, 1.807) is 4.57 Å². The highest BCUT2D eigenvalue weighted by Gasteiger charge is 2.58. The molecule has 7 heteroatoms. The highest BCUT2D eigenvalue weighted by molar-refractivity contribution is 5.89. The lowest BCUT2D eigenvalue weighted by Crippen LogP contribution is -2.36. The molecule has 1 saturated heterocycles. The summed E-state index contributed by atoms with van der Waals surface area (Å²) in [6.45, 7) is 8.65. The third-order valence-electron chi connectivity index (χ3n) is 7.18. The first-order valence-corrected chi connectivity index (χ1v) is 11.7. The Morgan fingerprint density at radius 2 is 2.09 bits per heavy atom. The van der Waals surface area contributed by atoms with Crippen LogP contribution in [0.3, 0.4) is 0 Å². The van der Waals surface area contributed by atoms with E-state index in [1.165, 1.54) is 5.56 Å². The highest BCUT2D eigenvalue weighted by atomic mass is 16.8. The minimum atomic E-state index is -1.25. The Kier molecular flexibility index (Phi) is 4.50. The SMILES string of the molecule is CCc1c2c(nc3ccc(OC(C)C)cc13)-c1cc3c(c(=O)n1C2)COC1OC1[C@]3(O)CC. The number of nitrogens with zero attached hydrogens (tertiary/aromatic N) is 2. The molecule has 33 heavy (non-hydrogen) atoms. The molecule has 2 aromatic heterocycles. The Balaban J connectivity index is 1.57. The summed E-state index contributed by atoms with van der Waals surface area (Å²) in [6, 6.07) is 7.91. The molecule has 0 radical (unpaired) electrons. The summed E-state index contributed by atoms with van der Waals surface area (Å²) in [5.74, 6) is 0.817. The summed E-state index contributed by atoms with van der Waals surface area (Å²) < 4.78 is 19.0. The summed E-state index contributed by atoms with van der Waals surface area (Å²) >= 11 is 0. The van der Waals surface area contributed by atoms with Crippen molar-refractivity contribution >= 4 is 10.9 Å². The summed E-state index contributed by atoms with van der Waals surface area (Å²) in [7, 11) is 0. The number of pyridine rings is 2. The van der Waals surface area contributed by atoms with Crippen LogP contribution in [0.25, 0.3) is 22.3 Å². The van der Waals surface area contributed by atoms with E-state index in [4.69, 9.17) is 19.2 Å². The summed E-state index contributed by atoms with van der Waals surface area (Å²) in [4.78, 5) is 18.6. The lowest BCUT2D eigenvalue weighted by molar-refractivity contribution is 0.00170. The van der Waals surface area contributed by atoms with Gasteiger partial charge in [0.05, 0.1) is 36.2 Å². The van der Waals surface area contributed by atoms with Gasteiger partial charge < -0.3 is 23.9 Å². The van der Waals surface area contributed by atoms with Gasteiger partial charge in [0.25, 0.3) is 5.56 Å². The number of aliphatic hydroxyl groups is 1. The molecule has 1 fully saturated rings. The van der Waals surface area contributed by atoms with Crippen molar-refractivity contribution in [3.63, 3.8) is 0 Å². The molecule has 5 heterocycles. The van der Waals surface area contributed by atoms with Gasteiger partial charge in [0.15, 0.2) is 6.29 Å². The van der Waals surface area contributed by atoms with E-state index in [1.807, 2.05) is 39.0 Å². The molecule has 0 amide bonds. The van der Waals surface area contributed by atoms with Gasteiger partial charge in [-0.15, -0.1) is 0 Å². The topological polar surface area (TPSA) is 86.1 Å². The number of rotatable bonds is 4. The summed E-state index contributed by atoms with van der Waals surface area (Å²) in [6.07, 6.45) is 0.438. The molecule has 7 nitrogen and oxygen atoms in total. The van der Waals surface area contributed by atoms with Gasteiger partial charge in [0.1, 0.15) is 17.5 Å². The zero-order chi connectivity index (χ0) is 23.1. The second-order valence-corrected chi connectivity index (χ2v) is 9.44. The highest BCUT2D eigenvalue weighted by Crippen LogP contribution is 2.47. The Hall–Kier alpha value is -2.74. The largest absolute Gasteiger partial charge is 0.491 e. The Bertz CT molecular complexity index is 1360. The van der Waals surface area contributed by atoms with Crippen molar-refractivity contribution in [1.29, 1.82) is 0 Å². The third-order valence-corrected chi connectivity index (χ3v) is 7.18. The fourth-order valence-corrected chi connectivity index (χ4v) is 5.48. The quantitative estimate of drug-likeness (QED) is 0.480. The maximum atomic E-state index is 13.6. The van der Waals surface area contributed by atoms with Gasteiger partial charge in [-0.1, -0.05) is 13.8 Å². The molecule has 3 aliphatic rings. The average molecular weight is 449 g/mol. The molecule has 172 valence electrons. The molecule has 1 aromatic carbocycles. The smallest absolute Gasteiger partial charge is 0.257 e. The zero-order valence-electron chi connectivity index (χ0n) is 19.3. The predicted molar refractivity (Wildman–Crippen MR) is 123 cm³/mol. The van der Waals surface area contributed by atoms with Crippen LogP contribution in [0.4, 0.5) is 0 Å². The first-order valence-electron chi connectivity index (χ1n) is 11.7. The minimum Gasteiger partial charge on any atom is -0.491 e. The van der Waals surface area contributed by atoms with Crippen molar-refractivity contribution in [3.05, 3.63) is 56.9 Å². The number of hydrogen-bond donors (Lipinski definition) is 1. The number of epoxide rings is 1. The minimum absolute atomic E-state index is 0.0859. The molecular weight excluding hydrogens is 420 g/mol. The fourth-order valence-electron chi connectivity index (χ4n) is 5.48. The first kappa shape index (κ1) is 20.8. The monoisotopic (exact) mass is 448 g/mol. The third kappa shape index (κ3) is 2.92. The van der Waals surface area contributed by atoms with E-state index in [2.05, 4.69) is 13.0 Å². The second kappa shape index (κ2) is 7.13. The molecular formula is C26H28N2O5. The van der Waals surface area contributed by atoms with Crippen molar-refractivity contribution in [2.45, 2.75) is 77.8 Å². The van der Waals surface area contributed by atoms with E-state index in [-0.39, 0.29) is 18.3 Å². The fraction of sp³-hybridized carbons (Fsp3) is 0.462. The number of aromatic nitrogens is 2. The number of fused-ring (bicyclic) bond motifs is 6. The van der Waals surface area contributed by atoms with Crippen molar-refractivity contribution in [2.24, 2.45) is 0 Å². The van der Waals surface area contributed by atoms with Crippen LogP contribution in [-0.2, 0) is 34.6 Å². The molecule has 0 saturated carbocycles. The van der Waals surface area contributed by atoms with Crippen LogP contribution < -0.4 is 10.3 Å². The number of ether oxygens (including phenoxy) is 3. The molecule has 0 aliphatic carbocycles. The maximum absolute atomic E-state index is 13.6. The van der Waals surface area contributed by atoms with Gasteiger partial charge in [0.2, 0.25) is 0 Å². The van der Waals surface area contributed by atoms with Crippen molar-refractivity contribution < 1.29 is 19.3 Å². The molecule has 1 N–H and O–H groups in total. The summed E-state index contributed by atoms with van der Waals surface area (Å²) in [5, 5.41) is 12.6. The lowest BCUT2D eigenvalue weighted by Gasteiger charge is -2.27. The Morgan fingerprint density at radius 1 is 1.27 bits per heavy atom. The van der Waals surface area contributed by atoms with Gasteiger partial charge in [-0.05, 0) is 62.1 Å². The lowest BCUT2D eigenvalue weighted by atomic mass is 9.85. The van der Waals surface area contributed by atoms with Crippen LogP contribution in [0.1, 0.15) is 56.4 Å². The van der Waals surface area contributed by atoms with E-state index in [0.717, 1.165) is 40.0 Å². The number of aryl methyl sites for hydroxylation is 1. The normalized spacial score (nSPS) is 24.8. The Labute approximate surface area is 191 Å². The molecule has 0 bridgehead atoms. The van der Waals surface area contributed by atoms with Crippen LogP contribution >= 0.6 is 0 Å². The van der Waals surface area contributed by atoms with Crippen LogP contribution in [0.5, 0.6) is 5.75 Å². The number of benzene rings is 1. The molecule has 3 aliphatic heterocycles. The first-order chi connectivity index (χ1) is 15.9. The van der Waals surface area contributed by atoms with E-state index in [0.29, 0.717) is 24.1 Å². The molecule has 3 atom stereocenters. The van der Waals surface area contributed by atoms with E-state index >= 15 is 0 Å². The maximum Gasteiger partial charge on any atom is 0.257 e. The molecule has 2 unspecified atom stereocenters. The van der Waals surface area contributed by atoms with Crippen LogP contribution in [0.15, 0.2) is 29.1 Å². The van der Waals surface area contributed by atoms with Crippen LogP contribution in [-0.4, -0.2) is 33.2 Å². The van der Waals surface area contributed by atoms with Crippen molar-refractivity contribution in [3.8, 4) is 17.1 Å². The predicted octanol–water partition coefficient (Wildman–Crippen LogP) is 3.63.